The number of aryl methyl sites for hydroxylation is 1. The number of fused-ring (bicyclic) bond motifs is 1. The lowest BCUT2D eigenvalue weighted by Crippen LogP contribution is -2.18. The molecule has 0 radical (unpaired) electrons. The minimum atomic E-state index is -3.31. The number of nitrogens with two attached hydrogens (primary N) is 1. The van der Waals surface area contributed by atoms with Crippen LogP contribution in [0.25, 0.3) is 22.2 Å². The molecule has 3 N–H and O–H groups in total. The maximum atomic E-state index is 13.1. The lowest BCUT2D eigenvalue weighted by molar-refractivity contribution is 0.324. The van der Waals surface area contributed by atoms with E-state index in [1.807, 2.05) is 30.3 Å². The van der Waals surface area contributed by atoms with Gasteiger partial charge < -0.3 is 14.9 Å². The van der Waals surface area contributed by atoms with E-state index < -0.39 is 21.2 Å². The maximum absolute atomic E-state index is 13.1. The summed E-state index contributed by atoms with van der Waals surface area (Å²) in [5.41, 5.74) is 10.8. The molecule has 6 rings (SSSR count). The number of benzene rings is 2. The predicted molar refractivity (Wildman–Crippen MR) is 142 cm³/mol. The lowest BCUT2D eigenvalue weighted by atomic mass is 9.92. The molecule has 0 saturated heterocycles. The minimum absolute atomic E-state index is 0.273. The van der Waals surface area contributed by atoms with Crippen LogP contribution < -0.4 is 10.5 Å². The standard InChI is InChI=1S/C25H28N6O3S2/c26-24-22-11-8-20(35(32)13-12-30-16-27-15-28-30)14-23(22)31(19-2-1-3-19)25(24)17-4-6-18(7-5-17)29-36(33,34)21-9-10-21/h4-8,11,14-16,19,21,29H,1-3,9-10,12-13,26H2. The van der Waals surface area contributed by atoms with Crippen molar-refractivity contribution in [2.75, 3.05) is 16.2 Å². The molecule has 36 heavy (non-hydrogen) atoms. The Morgan fingerprint density at radius 1 is 1.11 bits per heavy atom. The lowest BCUT2D eigenvalue weighted by Gasteiger charge is -2.30. The summed E-state index contributed by atoms with van der Waals surface area (Å²) in [6.45, 7) is 0.526. The molecule has 0 amide bonds. The number of hydrogen-bond donors (Lipinski definition) is 2. The highest BCUT2D eigenvalue weighted by molar-refractivity contribution is 7.93. The average molecular weight is 525 g/mol. The van der Waals surface area contributed by atoms with Crippen molar-refractivity contribution < 1.29 is 13.0 Å². The van der Waals surface area contributed by atoms with Gasteiger partial charge in [-0.1, -0.05) is 12.1 Å². The monoisotopic (exact) mass is 524 g/mol. The van der Waals surface area contributed by atoms with Gasteiger partial charge in [0.2, 0.25) is 10.0 Å². The molecule has 0 aliphatic heterocycles. The number of anilines is 2. The fourth-order valence-corrected chi connectivity index (χ4v) is 7.18. The summed E-state index contributed by atoms with van der Waals surface area (Å²) in [5, 5.41) is 4.75. The van der Waals surface area contributed by atoms with Gasteiger partial charge in [0, 0.05) is 28.7 Å². The van der Waals surface area contributed by atoms with E-state index in [0.29, 0.717) is 29.7 Å². The van der Waals surface area contributed by atoms with Crippen LogP contribution in [0.5, 0.6) is 0 Å². The zero-order valence-electron chi connectivity index (χ0n) is 19.7. The van der Waals surface area contributed by atoms with Gasteiger partial charge in [0.15, 0.2) is 4.90 Å². The number of nitrogen functional groups attached to an aromatic ring is 1. The summed E-state index contributed by atoms with van der Waals surface area (Å²) in [5.74, 6) is 0.444. The van der Waals surface area contributed by atoms with Crippen molar-refractivity contribution in [2.45, 2.75) is 54.8 Å². The Balaban J connectivity index is 1.34. The Kier molecular flexibility index (Phi) is 5.93. The van der Waals surface area contributed by atoms with Crippen molar-refractivity contribution in [3.05, 3.63) is 55.1 Å². The van der Waals surface area contributed by atoms with Gasteiger partial charge in [-0.3, -0.25) is 4.72 Å². The van der Waals surface area contributed by atoms with Crippen LogP contribution >= 0.6 is 0 Å². The van der Waals surface area contributed by atoms with E-state index in [4.69, 9.17) is 5.73 Å². The summed E-state index contributed by atoms with van der Waals surface area (Å²) in [6.07, 6.45) is 7.83. The summed E-state index contributed by atoms with van der Waals surface area (Å²) in [7, 11) is -3.31. The second kappa shape index (κ2) is 9.13. The molecule has 2 saturated carbocycles. The zero-order chi connectivity index (χ0) is 24.9. The fourth-order valence-electron chi connectivity index (χ4n) is 4.74. The largest absolute Gasteiger partial charge is 0.611 e. The topological polar surface area (TPSA) is 131 Å². The van der Waals surface area contributed by atoms with Gasteiger partial charge in [0.1, 0.15) is 18.4 Å². The van der Waals surface area contributed by atoms with Crippen molar-refractivity contribution in [3.63, 3.8) is 0 Å². The van der Waals surface area contributed by atoms with E-state index in [1.165, 1.54) is 6.33 Å². The highest BCUT2D eigenvalue weighted by Crippen LogP contribution is 2.44. The van der Waals surface area contributed by atoms with E-state index in [-0.39, 0.29) is 5.25 Å². The molecule has 4 aromatic rings. The second-order valence-electron chi connectivity index (χ2n) is 9.53. The van der Waals surface area contributed by atoms with Gasteiger partial charge in [0.05, 0.1) is 28.7 Å². The van der Waals surface area contributed by atoms with Crippen LogP contribution in [-0.2, 0) is 27.7 Å². The van der Waals surface area contributed by atoms with Crippen molar-refractivity contribution in [1.82, 2.24) is 19.3 Å². The second-order valence-corrected chi connectivity index (χ2v) is 13.1. The van der Waals surface area contributed by atoms with Gasteiger partial charge in [-0.2, -0.15) is 5.10 Å². The third kappa shape index (κ3) is 4.35. The predicted octanol–water partition coefficient (Wildman–Crippen LogP) is 3.92. The van der Waals surface area contributed by atoms with Crippen molar-refractivity contribution in [3.8, 4) is 11.3 Å². The van der Waals surface area contributed by atoms with Gasteiger partial charge in [-0.25, -0.2) is 18.1 Å². The third-order valence-corrected chi connectivity index (χ3v) is 10.3. The number of sulfonamides is 1. The van der Waals surface area contributed by atoms with Crippen LogP contribution in [0.15, 0.2) is 60.0 Å². The Bertz CT molecular complexity index is 1490. The molecular weight excluding hydrogens is 496 g/mol. The third-order valence-electron chi connectivity index (χ3n) is 7.07. The molecule has 9 nitrogen and oxygen atoms in total. The van der Waals surface area contributed by atoms with Gasteiger partial charge in [-0.05, 0) is 67.5 Å². The Labute approximate surface area is 212 Å². The Morgan fingerprint density at radius 3 is 2.53 bits per heavy atom. The number of rotatable bonds is 9. The first-order chi connectivity index (χ1) is 17.4. The Morgan fingerprint density at radius 2 is 1.89 bits per heavy atom. The van der Waals surface area contributed by atoms with E-state index in [9.17, 15) is 13.0 Å². The van der Waals surface area contributed by atoms with Crippen LogP contribution in [0.1, 0.15) is 38.1 Å². The van der Waals surface area contributed by atoms with Gasteiger partial charge in [-0.15, -0.1) is 0 Å². The molecule has 2 aromatic heterocycles. The first kappa shape index (κ1) is 23.4. The summed E-state index contributed by atoms with van der Waals surface area (Å²) in [6, 6.07) is 13.6. The molecular formula is C25H28N6O3S2. The molecule has 2 heterocycles. The number of hydrogen-bond acceptors (Lipinski definition) is 6. The van der Waals surface area contributed by atoms with Crippen molar-refractivity contribution >= 4 is 43.5 Å². The normalized spacial score (nSPS) is 17.2. The number of nitrogens with one attached hydrogen (secondary N) is 1. The molecule has 188 valence electrons. The van der Waals surface area contributed by atoms with E-state index in [0.717, 1.165) is 59.2 Å². The van der Waals surface area contributed by atoms with Crippen molar-refractivity contribution in [1.29, 1.82) is 0 Å². The highest BCUT2D eigenvalue weighted by atomic mass is 32.2. The molecule has 2 aliphatic carbocycles. The van der Waals surface area contributed by atoms with Gasteiger partial charge >= 0.3 is 0 Å². The van der Waals surface area contributed by atoms with Crippen molar-refractivity contribution in [2.24, 2.45) is 0 Å². The first-order valence-corrected chi connectivity index (χ1v) is 15.0. The van der Waals surface area contributed by atoms with E-state index in [1.54, 1.807) is 23.1 Å². The first-order valence-electron chi connectivity index (χ1n) is 12.2. The summed E-state index contributed by atoms with van der Waals surface area (Å²) < 4.78 is 44.3. The van der Waals surface area contributed by atoms with E-state index in [2.05, 4.69) is 19.4 Å². The van der Waals surface area contributed by atoms with Crippen LogP contribution in [0.4, 0.5) is 11.4 Å². The van der Waals surface area contributed by atoms with E-state index >= 15 is 0 Å². The van der Waals surface area contributed by atoms with Crippen LogP contribution in [0.2, 0.25) is 0 Å². The SMILES string of the molecule is Nc1c(-c2ccc(NS(=O)(=O)C3CC3)cc2)n(C2CCC2)c2cc([S+]([O-])CCn3cncn3)ccc12. The average Bonchev–Trinajstić information content (AvgIpc) is 3.52. The number of nitrogens with zero attached hydrogens (tertiary/aromatic N) is 4. The quantitative estimate of drug-likeness (QED) is 0.319. The zero-order valence-corrected chi connectivity index (χ0v) is 21.3. The number of aromatic nitrogens is 4. The smallest absolute Gasteiger partial charge is 0.235 e. The summed E-state index contributed by atoms with van der Waals surface area (Å²) in [4.78, 5) is 4.70. The fraction of sp³-hybridized carbons (Fsp3) is 0.360. The molecule has 2 aliphatic rings. The molecule has 0 bridgehead atoms. The summed E-state index contributed by atoms with van der Waals surface area (Å²) >= 11 is -1.19. The minimum Gasteiger partial charge on any atom is -0.611 e. The molecule has 1 atom stereocenters. The Hall–Kier alpha value is -3.02. The molecule has 2 fully saturated rings. The van der Waals surface area contributed by atoms with Gasteiger partial charge in [0.25, 0.3) is 0 Å². The highest BCUT2D eigenvalue weighted by Gasteiger charge is 2.35. The maximum Gasteiger partial charge on any atom is 0.235 e. The molecule has 0 spiro atoms. The van der Waals surface area contributed by atoms with Crippen LogP contribution in [0.3, 0.4) is 0 Å². The molecule has 2 aromatic carbocycles. The molecule has 11 heteroatoms. The van der Waals surface area contributed by atoms with Crippen LogP contribution in [-0.4, -0.2) is 43.3 Å². The molecule has 1 unspecified atom stereocenters. The van der Waals surface area contributed by atoms with Crippen LogP contribution in [0, 0.1) is 0 Å².